The first kappa shape index (κ1) is 14.8. The number of fused-ring (bicyclic) bond motifs is 3. The highest BCUT2D eigenvalue weighted by Gasteiger charge is 2.25. The number of thiophene rings is 1. The fourth-order valence-corrected chi connectivity index (χ4v) is 3.82. The van der Waals surface area contributed by atoms with Crippen molar-refractivity contribution >= 4 is 23.1 Å². The lowest BCUT2D eigenvalue weighted by Crippen LogP contribution is -2.26. The number of rotatable bonds is 2. The van der Waals surface area contributed by atoms with Gasteiger partial charge in [-0.15, -0.1) is 11.3 Å². The smallest absolute Gasteiger partial charge is 0.269 e. The molecule has 1 aliphatic heterocycles. The van der Waals surface area contributed by atoms with Crippen LogP contribution in [0, 0.1) is 5.82 Å². The Balaban J connectivity index is 1.71. The summed E-state index contributed by atoms with van der Waals surface area (Å²) in [7, 11) is 1.69. The summed E-state index contributed by atoms with van der Waals surface area (Å²) in [5.74, 6) is 0.752. The summed E-state index contributed by atoms with van der Waals surface area (Å²) in [6, 6.07) is 11.7. The minimum atomic E-state index is -0.322. The van der Waals surface area contributed by atoms with Crippen molar-refractivity contribution in [2.45, 2.75) is 6.61 Å². The van der Waals surface area contributed by atoms with Gasteiger partial charge >= 0.3 is 0 Å². The maximum atomic E-state index is 13.6. The molecule has 3 aromatic rings. The molecule has 0 spiro atoms. The predicted molar refractivity (Wildman–Crippen MR) is 91.0 cm³/mol. The first-order valence-electron chi connectivity index (χ1n) is 7.38. The Labute approximate surface area is 142 Å². The van der Waals surface area contributed by atoms with Gasteiger partial charge in [0.05, 0.1) is 4.88 Å². The Morgan fingerprint density at radius 3 is 2.96 bits per heavy atom. The van der Waals surface area contributed by atoms with Gasteiger partial charge in [0.1, 0.15) is 24.0 Å². The van der Waals surface area contributed by atoms with Crippen molar-refractivity contribution in [3.8, 4) is 16.2 Å². The second-order valence-electron chi connectivity index (χ2n) is 5.45. The molecule has 4 rings (SSSR count). The highest BCUT2D eigenvalue weighted by atomic mass is 32.1. The lowest BCUT2D eigenvalue weighted by molar-refractivity contribution is 0.0996. The molecule has 2 aromatic heterocycles. The predicted octanol–water partition coefficient (Wildman–Crippen LogP) is 4.12. The third-order valence-corrected chi connectivity index (χ3v) is 5.09. The second-order valence-corrected chi connectivity index (χ2v) is 6.50. The molecule has 0 radical (unpaired) electrons. The summed E-state index contributed by atoms with van der Waals surface area (Å²) < 4.78 is 19.2. The molecule has 0 N–H and O–H groups in total. The van der Waals surface area contributed by atoms with Crippen LogP contribution in [0.2, 0.25) is 0 Å². The highest BCUT2D eigenvalue weighted by molar-refractivity contribution is 7.17. The molecule has 0 saturated heterocycles. The normalized spacial score (nSPS) is 12.1. The Kier molecular flexibility index (Phi) is 3.54. The molecule has 0 fully saturated rings. The van der Waals surface area contributed by atoms with Gasteiger partial charge in [0, 0.05) is 29.2 Å². The number of hydrogen-bond acceptors (Lipinski definition) is 4. The minimum Gasteiger partial charge on any atom is -0.488 e. The lowest BCUT2D eigenvalue weighted by atomic mass is 10.1. The Hall–Kier alpha value is -2.73. The van der Waals surface area contributed by atoms with Crippen LogP contribution < -0.4 is 9.64 Å². The van der Waals surface area contributed by atoms with Gasteiger partial charge < -0.3 is 4.74 Å². The third-order valence-electron chi connectivity index (χ3n) is 3.89. The van der Waals surface area contributed by atoms with Gasteiger partial charge in [-0.2, -0.15) is 0 Å². The Bertz CT molecular complexity index is 924. The Morgan fingerprint density at radius 2 is 2.17 bits per heavy atom. The average molecular weight is 340 g/mol. The van der Waals surface area contributed by atoms with E-state index < -0.39 is 0 Å². The van der Waals surface area contributed by atoms with E-state index in [1.807, 2.05) is 12.1 Å². The van der Waals surface area contributed by atoms with Crippen LogP contribution in [0.5, 0.6) is 5.75 Å². The van der Waals surface area contributed by atoms with Crippen molar-refractivity contribution in [1.29, 1.82) is 0 Å². The number of anilines is 1. The molecule has 120 valence electrons. The van der Waals surface area contributed by atoms with E-state index in [-0.39, 0.29) is 11.7 Å². The number of carbonyl (C=O) groups excluding carboxylic acids is 1. The minimum absolute atomic E-state index is 0.147. The zero-order valence-corrected chi connectivity index (χ0v) is 13.6. The van der Waals surface area contributed by atoms with Crippen LogP contribution >= 0.6 is 11.3 Å². The summed E-state index contributed by atoms with van der Waals surface area (Å²) in [4.78, 5) is 19.9. The van der Waals surface area contributed by atoms with Gasteiger partial charge in [-0.3, -0.25) is 9.69 Å². The van der Waals surface area contributed by atoms with Crippen molar-refractivity contribution in [2.75, 3.05) is 11.9 Å². The van der Waals surface area contributed by atoms with Crippen molar-refractivity contribution in [3.63, 3.8) is 0 Å². The number of nitrogens with zero attached hydrogens (tertiary/aromatic N) is 2. The van der Waals surface area contributed by atoms with Crippen LogP contribution in [0.4, 0.5) is 10.2 Å². The number of benzene rings is 1. The molecule has 6 heteroatoms. The van der Waals surface area contributed by atoms with Gasteiger partial charge in [0.25, 0.3) is 5.91 Å². The van der Waals surface area contributed by atoms with Crippen molar-refractivity contribution < 1.29 is 13.9 Å². The summed E-state index contributed by atoms with van der Waals surface area (Å²) in [6.07, 6.45) is 1.64. The number of amides is 1. The molecule has 0 aliphatic carbocycles. The topological polar surface area (TPSA) is 42.4 Å². The van der Waals surface area contributed by atoms with Crippen molar-refractivity contribution in [2.24, 2.45) is 0 Å². The summed E-state index contributed by atoms with van der Waals surface area (Å²) >= 11 is 1.35. The maximum Gasteiger partial charge on any atom is 0.269 e. The molecule has 1 aliphatic rings. The molecule has 3 heterocycles. The molecule has 0 atom stereocenters. The molecule has 0 unspecified atom stereocenters. The summed E-state index contributed by atoms with van der Waals surface area (Å²) in [5, 5.41) is 0. The lowest BCUT2D eigenvalue weighted by Gasteiger charge is -2.17. The molecule has 4 nitrogen and oxygen atoms in total. The van der Waals surface area contributed by atoms with E-state index in [9.17, 15) is 9.18 Å². The Morgan fingerprint density at radius 1 is 1.29 bits per heavy atom. The molecule has 1 aromatic carbocycles. The zero-order chi connectivity index (χ0) is 16.7. The molecule has 0 bridgehead atoms. The van der Waals surface area contributed by atoms with E-state index >= 15 is 0 Å². The summed E-state index contributed by atoms with van der Waals surface area (Å²) in [5.41, 5.74) is 1.59. The van der Waals surface area contributed by atoms with Crippen molar-refractivity contribution in [3.05, 3.63) is 64.9 Å². The van der Waals surface area contributed by atoms with E-state index in [1.54, 1.807) is 31.4 Å². The SMILES string of the molecule is CN(C(=O)c1cc2c(s1)-c1cc(F)ccc1OC2)c1ccccn1. The quantitative estimate of drug-likeness (QED) is 0.705. The van der Waals surface area contributed by atoms with Gasteiger partial charge in [-0.05, 0) is 36.4 Å². The first-order valence-corrected chi connectivity index (χ1v) is 8.19. The fourth-order valence-electron chi connectivity index (χ4n) is 2.65. The van der Waals surface area contributed by atoms with Gasteiger partial charge in [-0.1, -0.05) is 6.07 Å². The van der Waals surface area contributed by atoms with E-state index in [1.165, 1.54) is 28.4 Å². The van der Waals surface area contributed by atoms with Crippen LogP contribution in [0.15, 0.2) is 48.7 Å². The molecular formula is C18H13FN2O2S. The number of pyridine rings is 1. The van der Waals surface area contributed by atoms with Crippen LogP contribution in [0.3, 0.4) is 0 Å². The largest absolute Gasteiger partial charge is 0.488 e. The van der Waals surface area contributed by atoms with Gasteiger partial charge in [0.15, 0.2) is 0 Å². The molecule has 0 saturated carbocycles. The molecule has 24 heavy (non-hydrogen) atoms. The zero-order valence-electron chi connectivity index (χ0n) is 12.8. The number of halogens is 1. The average Bonchev–Trinajstić information content (AvgIpc) is 3.06. The molecule has 1 amide bonds. The van der Waals surface area contributed by atoms with Gasteiger partial charge in [0.2, 0.25) is 0 Å². The number of ether oxygens (including phenoxy) is 1. The number of carbonyl (C=O) groups is 1. The highest BCUT2D eigenvalue weighted by Crippen LogP contribution is 2.43. The monoisotopic (exact) mass is 340 g/mol. The third kappa shape index (κ3) is 2.45. The van der Waals surface area contributed by atoms with Crippen molar-refractivity contribution in [1.82, 2.24) is 4.98 Å². The van der Waals surface area contributed by atoms with E-state index in [4.69, 9.17) is 4.74 Å². The van der Waals surface area contributed by atoms with E-state index in [0.717, 1.165) is 10.4 Å². The first-order chi connectivity index (χ1) is 11.6. The van der Waals surface area contributed by atoms with E-state index in [0.29, 0.717) is 28.6 Å². The maximum absolute atomic E-state index is 13.6. The van der Waals surface area contributed by atoms with Gasteiger partial charge in [-0.25, -0.2) is 9.37 Å². The van der Waals surface area contributed by atoms with Crippen LogP contribution in [-0.2, 0) is 6.61 Å². The number of hydrogen-bond donors (Lipinski definition) is 0. The fraction of sp³-hybridized carbons (Fsp3) is 0.111. The van der Waals surface area contributed by atoms with Crippen LogP contribution in [-0.4, -0.2) is 17.9 Å². The van der Waals surface area contributed by atoms with Crippen LogP contribution in [0.1, 0.15) is 15.2 Å². The molecular weight excluding hydrogens is 327 g/mol. The number of aromatic nitrogens is 1. The standard InChI is InChI=1S/C18H13FN2O2S/c1-21(16-4-2-3-7-20-16)18(22)15-8-11-10-23-14-6-5-12(19)9-13(14)17(11)24-15/h2-9H,10H2,1H3. The van der Waals surface area contributed by atoms with E-state index in [2.05, 4.69) is 4.98 Å². The van der Waals surface area contributed by atoms with Crippen LogP contribution in [0.25, 0.3) is 10.4 Å². The second kappa shape index (κ2) is 5.72. The summed E-state index contributed by atoms with van der Waals surface area (Å²) in [6.45, 7) is 0.380.